The number of hydrogen-bond acceptors (Lipinski definition) is 3. The van der Waals surface area contributed by atoms with Gasteiger partial charge in [0.15, 0.2) is 0 Å². The summed E-state index contributed by atoms with van der Waals surface area (Å²) >= 11 is 6.15. The molecule has 5 heteroatoms. The van der Waals surface area contributed by atoms with Crippen LogP contribution in [0.4, 0.5) is 11.4 Å². The molecule has 1 aliphatic heterocycles. The van der Waals surface area contributed by atoms with Crippen LogP contribution in [0.2, 0.25) is 5.02 Å². The average Bonchev–Trinajstić information content (AvgIpc) is 2.63. The van der Waals surface area contributed by atoms with Crippen molar-refractivity contribution >= 4 is 28.9 Å². The van der Waals surface area contributed by atoms with Gasteiger partial charge in [-0.3, -0.25) is 4.79 Å². The van der Waals surface area contributed by atoms with Gasteiger partial charge in [0.1, 0.15) is 0 Å². The van der Waals surface area contributed by atoms with Crippen molar-refractivity contribution in [2.45, 2.75) is 19.3 Å². The number of anilines is 2. The summed E-state index contributed by atoms with van der Waals surface area (Å²) in [5.41, 5.74) is 2.92. The summed E-state index contributed by atoms with van der Waals surface area (Å²) in [4.78, 5) is 14.8. The predicted octanol–water partition coefficient (Wildman–Crippen LogP) is 4.31. The summed E-state index contributed by atoms with van der Waals surface area (Å²) in [5.74, 6) is 0.153. The lowest BCUT2D eigenvalue weighted by molar-refractivity contribution is -0.116. The highest BCUT2D eigenvalue weighted by molar-refractivity contribution is 6.31. The normalized spacial score (nSPS) is 15.7. The molecule has 1 amide bonds. The van der Waals surface area contributed by atoms with E-state index in [0.717, 1.165) is 30.0 Å². The number of hydrogen-bond donors (Lipinski definition) is 1. The highest BCUT2D eigenvalue weighted by Crippen LogP contribution is 2.30. The van der Waals surface area contributed by atoms with Crippen LogP contribution in [0.3, 0.4) is 0 Å². The minimum absolute atomic E-state index is 0.00636. The Morgan fingerprint density at radius 1 is 1.20 bits per heavy atom. The van der Waals surface area contributed by atoms with E-state index in [-0.39, 0.29) is 11.8 Å². The van der Waals surface area contributed by atoms with Crippen molar-refractivity contribution < 1.29 is 9.53 Å². The van der Waals surface area contributed by atoms with Crippen molar-refractivity contribution in [3.63, 3.8) is 0 Å². The zero-order valence-corrected chi connectivity index (χ0v) is 15.1. The minimum atomic E-state index is -0.00636. The van der Waals surface area contributed by atoms with E-state index in [1.54, 1.807) is 0 Å². The maximum Gasteiger partial charge on any atom is 0.225 e. The number of carbonyl (C=O) groups is 1. The van der Waals surface area contributed by atoms with E-state index in [2.05, 4.69) is 29.3 Å². The Hall–Kier alpha value is -2.04. The van der Waals surface area contributed by atoms with Crippen LogP contribution in [-0.2, 0) is 9.53 Å². The standard InChI is InChI=1S/C20H23ClN2O2/c1-15(16-5-3-2-4-6-16)13-20(24)22-18-14-17(21)7-8-19(18)23-9-11-25-12-10-23/h2-8,14-15H,9-13H2,1H3,(H,22,24)/t15-/m0/s1. The molecule has 2 aromatic carbocycles. The van der Waals surface area contributed by atoms with Crippen LogP contribution in [0.5, 0.6) is 0 Å². The number of amides is 1. The predicted molar refractivity (Wildman–Crippen MR) is 103 cm³/mol. The monoisotopic (exact) mass is 358 g/mol. The molecule has 4 nitrogen and oxygen atoms in total. The highest BCUT2D eigenvalue weighted by Gasteiger charge is 2.18. The van der Waals surface area contributed by atoms with Gasteiger partial charge < -0.3 is 15.0 Å². The second kappa shape index (κ2) is 8.37. The molecule has 0 bridgehead atoms. The lowest BCUT2D eigenvalue weighted by Gasteiger charge is -2.30. The van der Waals surface area contributed by atoms with Gasteiger partial charge >= 0.3 is 0 Å². The van der Waals surface area contributed by atoms with E-state index in [1.165, 1.54) is 0 Å². The molecule has 0 radical (unpaired) electrons. The van der Waals surface area contributed by atoms with E-state index in [0.29, 0.717) is 24.7 Å². The molecule has 25 heavy (non-hydrogen) atoms. The number of carbonyl (C=O) groups excluding carboxylic acids is 1. The van der Waals surface area contributed by atoms with E-state index in [4.69, 9.17) is 16.3 Å². The fraction of sp³-hybridized carbons (Fsp3) is 0.350. The van der Waals surface area contributed by atoms with Gasteiger partial charge in [0, 0.05) is 24.5 Å². The zero-order valence-electron chi connectivity index (χ0n) is 14.4. The lowest BCUT2D eigenvalue weighted by atomic mass is 9.97. The average molecular weight is 359 g/mol. The number of ether oxygens (including phenoxy) is 1. The molecular formula is C20H23ClN2O2. The molecular weight excluding hydrogens is 336 g/mol. The first-order chi connectivity index (χ1) is 12.1. The molecule has 0 saturated carbocycles. The Morgan fingerprint density at radius 2 is 1.92 bits per heavy atom. The first-order valence-corrected chi connectivity index (χ1v) is 8.98. The summed E-state index contributed by atoms with van der Waals surface area (Å²) in [6.07, 6.45) is 0.430. The molecule has 1 fully saturated rings. The lowest BCUT2D eigenvalue weighted by Crippen LogP contribution is -2.36. The van der Waals surface area contributed by atoms with Crippen molar-refractivity contribution in [3.8, 4) is 0 Å². The van der Waals surface area contributed by atoms with Crippen LogP contribution in [0.25, 0.3) is 0 Å². The van der Waals surface area contributed by atoms with Gasteiger partial charge in [-0.05, 0) is 29.7 Å². The second-order valence-electron chi connectivity index (χ2n) is 6.32. The van der Waals surface area contributed by atoms with Crippen LogP contribution in [0, 0.1) is 0 Å². The Balaban J connectivity index is 1.71. The number of benzene rings is 2. The first kappa shape index (κ1) is 17.8. The molecule has 1 N–H and O–H groups in total. The topological polar surface area (TPSA) is 41.6 Å². The first-order valence-electron chi connectivity index (χ1n) is 8.60. The molecule has 3 rings (SSSR count). The zero-order chi connectivity index (χ0) is 17.6. The maximum atomic E-state index is 12.5. The number of morpholine rings is 1. The Morgan fingerprint density at radius 3 is 2.64 bits per heavy atom. The van der Waals surface area contributed by atoms with Crippen molar-refractivity contribution in [3.05, 3.63) is 59.1 Å². The number of rotatable bonds is 5. The van der Waals surface area contributed by atoms with Gasteiger partial charge in [-0.1, -0.05) is 48.9 Å². The van der Waals surface area contributed by atoms with E-state index < -0.39 is 0 Å². The van der Waals surface area contributed by atoms with E-state index in [1.807, 2.05) is 36.4 Å². The van der Waals surface area contributed by atoms with Crippen molar-refractivity contribution in [1.82, 2.24) is 0 Å². The molecule has 0 unspecified atom stereocenters. The summed E-state index contributed by atoms with van der Waals surface area (Å²) in [7, 11) is 0. The fourth-order valence-electron chi connectivity index (χ4n) is 3.07. The Kier molecular flexibility index (Phi) is 5.95. The minimum Gasteiger partial charge on any atom is -0.378 e. The third-order valence-electron chi connectivity index (χ3n) is 4.44. The number of nitrogens with zero attached hydrogens (tertiary/aromatic N) is 1. The van der Waals surface area contributed by atoms with Crippen molar-refractivity contribution in [2.24, 2.45) is 0 Å². The summed E-state index contributed by atoms with van der Waals surface area (Å²) in [6.45, 7) is 5.08. The van der Waals surface area contributed by atoms with Crippen molar-refractivity contribution in [1.29, 1.82) is 0 Å². The Labute approximate surface area is 153 Å². The van der Waals surface area contributed by atoms with Crippen LogP contribution in [0.1, 0.15) is 24.8 Å². The molecule has 1 heterocycles. The van der Waals surface area contributed by atoms with Crippen LogP contribution in [-0.4, -0.2) is 32.2 Å². The van der Waals surface area contributed by atoms with Gasteiger partial charge in [0.25, 0.3) is 0 Å². The molecule has 0 spiro atoms. The van der Waals surface area contributed by atoms with Gasteiger partial charge in [-0.15, -0.1) is 0 Å². The molecule has 1 atom stereocenters. The molecule has 132 valence electrons. The van der Waals surface area contributed by atoms with Gasteiger partial charge in [-0.25, -0.2) is 0 Å². The smallest absolute Gasteiger partial charge is 0.225 e. The van der Waals surface area contributed by atoms with Crippen LogP contribution in [0.15, 0.2) is 48.5 Å². The number of halogens is 1. The van der Waals surface area contributed by atoms with E-state index in [9.17, 15) is 4.79 Å². The molecule has 1 saturated heterocycles. The van der Waals surface area contributed by atoms with Crippen molar-refractivity contribution in [2.75, 3.05) is 36.5 Å². The van der Waals surface area contributed by atoms with E-state index >= 15 is 0 Å². The Bertz CT molecular complexity index is 715. The second-order valence-corrected chi connectivity index (χ2v) is 6.76. The highest BCUT2D eigenvalue weighted by atomic mass is 35.5. The summed E-state index contributed by atoms with van der Waals surface area (Å²) in [6, 6.07) is 15.7. The maximum absolute atomic E-state index is 12.5. The quantitative estimate of drug-likeness (QED) is 0.866. The number of nitrogens with one attached hydrogen (secondary N) is 1. The third kappa shape index (κ3) is 4.74. The fourth-order valence-corrected chi connectivity index (χ4v) is 3.24. The SMILES string of the molecule is C[C@@H](CC(=O)Nc1cc(Cl)ccc1N1CCOCC1)c1ccccc1. The van der Waals surface area contributed by atoms with Crippen LogP contribution >= 0.6 is 11.6 Å². The third-order valence-corrected chi connectivity index (χ3v) is 4.68. The largest absolute Gasteiger partial charge is 0.378 e. The van der Waals surface area contributed by atoms with Gasteiger partial charge in [0.05, 0.1) is 24.6 Å². The molecule has 2 aromatic rings. The van der Waals surface area contributed by atoms with Gasteiger partial charge in [-0.2, -0.15) is 0 Å². The summed E-state index contributed by atoms with van der Waals surface area (Å²) < 4.78 is 5.41. The molecule has 0 aromatic heterocycles. The summed E-state index contributed by atoms with van der Waals surface area (Å²) in [5, 5.41) is 3.66. The van der Waals surface area contributed by atoms with Crippen LogP contribution < -0.4 is 10.2 Å². The molecule has 1 aliphatic rings. The van der Waals surface area contributed by atoms with Gasteiger partial charge in [0.2, 0.25) is 5.91 Å². The molecule has 0 aliphatic carbocycles.